The molecule has 0 aliphatic heterocycles. The Labute approximate surface area is 68.6 Å². The zero-order valence-corrected chi connectivity index (χ0v) is 6.84. The molecule has 0 fully saturated rings. The predicted molar refractivity (Wildman–Crippen MR) is 50.4 cm³/mol. The lowest BCUT2D eigenvalue weighted by atomic mass is 10.1. The molecule has 0 atom stereocenters. The lowest BCUT2D eigenvalue weighted by molar-refractivity contribution is 1.06. The van der Waals surface area contributed by atoms with Gasteiger partial charge in [-0.1, -0.05) is 43.0 Å². The first kappa shape index (κ1) is 8.06. The van der Waals surface area contributed by atoms with Gasteiger partial charge in [0.1, 0.15) is 0 Å². The molecule has 11 heavy (non-hydrogen) atoms. The van der Waals surface area contributed by atoms with Crippen LogP contribution in [-0.2, 0) is 0 Å². The van der Waals surface area contributed by atoms with Crippen molar-refractivity contribution in [2.24, 2.45) is 0 Å². The van der Waals surface area contributed by atoms with E-state index in [9.17, 15) is 0 Å². The van der Waals surface area contributed by atoms with E-state index in [1.165, 1.54) is 17.6 Å². The molecule has 0 aromatic carbocycles. The Bertz CT molecular complexity index is 216. The molecular formula is C11H14. The molecule has 0 heteroatoms. The fraction of sp³-hybridized carbons (Fsp3) is 0.273. The van der Waals surface area contributed by atoms with Crippen molar-refractivity contribution >= 4 is 0 Å². The summed E-state index contributed by atoms with van der Waals surface area (Å²) in [5.74, 6) is 0. The molecule has 0 saturated heterocycles. The molecule has 0 N–H and O–H groups in total. The Morgan fingerprint density at radius 1 is 1.55 bits per heavy atom. The van der Waals surface area contributed by atoms with E-state index in [2.05, 4.69) is 25.3 Å². The number of rotatable bonds is 3. The summed E-state index contributed by atoms with van der Waals surface area (Å²) >= 11 is 0. The van der Waals surface area contributed by atoms with E-state index >= 15 is 0 Å². The molecule has 0 spiro atoms. The molecule has 0 nitrogen and oxygen atoms in total. The molecule has 0 aromatic rings. The summed E-state index contributed by atoms with van der Waals surface area (Å²) in [6.45, 7) is 7.60. The van der Waals surface area contributed by atoms with Crippen LogP contribution in [0.25, 0.3) is 0 Å². The molecule has 0 saturated carbocycles. The predicted octanol–water partition coefficient (Wildman–Crippen LogP) is 3.40. The maximum Gasteiger partial charge on any atom is -0.00950 e. The van der Waals surface area contributed by atoms with Gasteiger partial charge in [-0.3, -0.25) is 0 Å². The van der Waals surface area contributed by atoms with Gasteiger partial charge >= 0.3 is 0 Å². The first-order valence-corrected chi connectivity index (χ1v) is 3.99. The average Bonchev–Trinajstić information content (AvgIpc) is 2.37. The summed E-state index contributed by atoms with van der Waals surface area (Å²) in [5.41, 5.74) is 2.71. The maximum atomic E-state index is 3.99. The summed E-state index contributed by atoms with van der Waals surface area (Å²) in [5, 5.41) is 0. The van der Waals surface area contributed by atoms with E-state index in [0.29, 0.717) is 0 Å². The minimum atomic E-state index is 1.02. The Kier molecular flexibility index (Phi) is 2.91. The summed E-state index contributed by atoms with van der Waals surface area (Å²) in [4.78, 5) is 0. The van der Waals surface area contributed by atoms with Crippen LogP contribution >= 0.6 is 0 Å². The van der Waals surface area contributed by atoms with Gasteiger partial charge in [-0.15, -0.1) is 0 Å². The first-order valence-electron chi connectivity index (χ1n) is 3.99. The van der Waals surface area contributed by atoms with E-state index in [1.807, 2.05) is 6.08 Å². The van der Waals surface area contributed by atoms with Gasteiger partial charge in [-0.2, -0.15) is 0 Å². The van der Waals surface area contributed by atoms with Gasteiger partial charge in [-0.05, 0) is 24.8 Å². The van der Waals surface area contributed by atoms with Crippen molar-refractivity contribution in [2.45, 2.75) is 19.3 Å². The van der Waals surface area contributed by atoms with Gasteiger partial charge in [0.05, 0.1) is 0 Å². The van der Waals surface area contributed by atoms with Crippen LogP contribution in [-0.4, -0.2) is 0 Å². The van der Waals surface area contributed by atoms with Crippen LogP contribution in [0.2, 0.25) is 0 Å². The van der Waals surface area contributed by atoms with Crippen LogP contribution in [0.5, 0.6) is 0 Å². The van der Waals surface area contributed by atoms with Crippen molar-refractivity contribution in [3.8, 4) is 0 Å². The average molecular weight is 146 g/mol. The molecule has 0 aromatic heterocycles. The summed E-state index contributed by atoms with van der Waals surface area (Å²) in [7, 11) is 0. The van der Waals surface area contributed by atoms with Gasteiger partial charge in [0.15, 0.2) is 0 Å². The topological polar surface area (TPSA) is 0 Å². The fourth-order valence-electron chi connectivity index (χ4n) is 1.24. The van der Waals surface area contributed by atoms with Crippen molar-refractivity contribution in [3.63, 3.8) is 0 Å². The second-order valence-electron chi connectivity index (χ2n) is 2.74. The highest BCUT2D eigenvalue weighted by molar-refractivity contribution is 5.35. The smallest absolute Gasteiger partial charge is 0.00950 e. The first-order chi connectivity index (χ1) is 5.34. The van der Waals surface area contributed by atoms with Crippen LogP contribution in [0.1, 0.15) is 19.3 Å². The van der Waals surface area contributed by atoms with Crippen LogP contribution < -0.4 is 0 Å². The SMILES string of the molecule is C=C/C=C\CC1=CCCC1=C. The molecule has 58 valence electrons. The Morgan fingerprint density at radius 2 is 2.36 bits per heavy atom. The molecule has 1 aliphatic rings. The number of hydrogen-bond acceptors (Lipinski definition) is 0. The lowest BCUT2D eigenvalue weighted by Crippen LogP contribution is -1.77. The monoisotopic (exact) mass is 146 g/mol. The summed E-state index contributed by atoms with van der Waals surface area (Å²) in [6.07, 6.45) is 11.5. The zero-order valence-electron chi connectivity index (χ0n) is 6.84. The minimum absolute atomic E-state index is 1.02. The van der Waals surface area contributed by atoms with Gasteiger partial charge in [0.25, 0.3) is 0 Å². The van der Waals surface area contributed by atoms with Crippen LogP contribution in [0.4, 0.5) is 0 Å². The highest BCUT2D eigenvalue weighted by Gasteiger charge is 2.06. The quantitative estimate of drug-likeness (QED) is 0.535. The van der Waals surface area contributed by atoms with Gasteiger partial charge in [0.2, 0.25) is 0 Å². The molecule has 1 aliphatic carbocycles. The number of hydrogen-bond donors (Lipinski definition) is 0. The molecule has 0 unspecified atom stereocenters. The second-order valence-corrected chi connectivity index (χ2v) is 2.74. The van der Waals surface area contributed by atoms with E-state index in [4.69, 9.17) is 0 Å². The third kappa shape index (κ3) is 2.23. The van der Waals surface area contributed by atoms with E-state index in [-0.39, 0.29) is 0 Å². The number of allylic oxidation sites excluding steroid dienone is 6. The van der Waals surface area contributed by atoms with Crippen molar-refractivity contribution in [1.82, 2.24) is 0 Å². The van der Waals surface area contributed by atoms with E-state index < -0.39 is 0 Å². The van der Waals surface area contributed by atoms with E-state index in [0.717, 1.165) is 12.8 Å². The molecule has 0 radical (unpaired) electrons. The third-order valence-electron chi connectivity index (χ3n) is 1.90. The van der Waals surface area contributed by atoms with Crippen LogP contribution in [0, 0.1) is 0 Å². The van der Waals surface area contributed by atoms with Crippen molar-refractivity contribution in [3.05, 3.63) is 48.6 Å². The lowest BCUT2D eigenvalue weighted by Gasteiger charge is -1.97. The van der Waals surface area contributed by atoms with Crippen LogP contribution in [0.3, 0.4) is 0 Å². The largest absolute Gasteiger partial charge is 0.0991 e. The van der Waals surface area contributed by atoms with Gasteiger partial charge in [-0.25, -0.2) is 0 Å². The Balaban J connectivity index is 2.43. The molecular weight excluding hydrogens is 132 g/mol. The molecule has 0 amide bonds. The fourth-order valence-corrected chi connectivity index (χ4v) is 1.24. The molecule has 0 bridgehead atoms. The molecule has 1 rings (SSSR count). The zero-order chi connectivity index (χ0) is 8.10. The third-order valence-corrected chi connectivity index (χ3v) is 1.90. The van der Waals surface area contributed by atoms with Gasteiger partial charge < -0.3 is 0 Å². The standard InChI is InChI=1S/C11H14/c1-3-4-5-8-11-9-6-7-10(11)2/h3-5,9H,1-2,6-8H2/b5-4-. The summed E-state index contributed by atoms with van der Waals surface area (Å²) in [6, 6.07) is 0. The minimum Gasteiger partial charge on any atom is -0.0991 e. The molecule has 0 heterocycles. The van der Waals surface area contributed by atoms with Crippen molar-refractivity contribution < 1.29 is 0 Å². The highest BCUT2D eigenvalue weighted by Crippen LogP contribution is 2.25. The Hall–Kier alpha value is -1.04. The summed E-state index contributed by atoms with van der Waals surface area (Å²) < 4.78 is 0. The second kappa shape index (κ2) is 3.97. The van der Waals surface area contributed by atoms with E-state index in [1.54, 1.807) is 6.08 Å². The Morgan fingerprint density at radius 3 is 2.91 bits per heavy atom. The maximum absolute atomic E-state index is 3.99. The van der Waals surface area contributed by atoms with Crippen LogP contribution in [0.15, 0.2) is 48.6 Å². The van der Waals surface area contributed by atoms with Crippen molar-refractivity contribution in [1.29, 1.82) is 0 Å². The highest BCUT2D eigenvalue weighted by atomic mass is 14.1. The van der Waals surface area contributed by atoms with Crippen molar-refractivity contribution in [2.75, 3.05) is 0 Å². The van der Waals surface area contributed by atoms with Gasteiger partial charge in [0, 0.05) is 0 Å². The normalized spacial score (nSPS) is 17.5.